The maximum Gasteiger partial charge on any atom is 0.264 e. The van der Waals surface area contributed by atoms with Crippen molar-refractivity contribution >= 4 is 27.3 Å². The second kappa shape index (κ2) is 5.57. The summed E-state index contributed by atoms with van der Waals surface area (Å²) in [5.41, 5.74) is 1.04. The standard InChI is InChI=1S/C13H16ClN3O3S/c1-9-5-12(20-4)11(14)6-13(9)21(18,19)17(3)10-7-15-16(2)8-10/h5-8H,1-4H3. The van der Waals surface area contributed by atoms with E-state index >= 15 is 0 Å². The van der Waals surface area contributed by atoms with Crippen LogP contribution in [0.5, 0.6) is 5.75 Å². The van der Waals surface area contributed by atoms with Gasteiger partial charge in [-0.3, -0.25) is 8.99 Å². The van der Waals surface area contributed by atoms with Crippen molar-refractivity contribution < 1.29 is 13.2 Å². The van der Waals surface area contributed by atoms with Crippen molar-refractivity contribution in [2.24, 2.45) is 7.05 Å². The molecule has 0 radical (unpaired) electrons. The highest BCUT2D eigenvalue weighted by Gasteiger charge is 2.25. The molecule has 0 aliphatic rings. The topological polar surface area (TPSA) is 64.4 Å². The minimum absolute atomic E-state index is 0.139. The summed E-state index contributed by atoms with van der Waals surface area (Å²) in [5.74, 6) is 0.442. The Morgan fingerprint density at radius 1 is 1.38 bits per heavy atom. The van der Waals surface area contributed by atoms with Crippen LogP contribution in [0.1, 0.15) is 5.56 Å². The Labute approximate surface area is 128 Å². The predicted octanol–water partition coefficient (Wildman–Crippen LogP) is 2.22. The summed E-state index contributed by atoms with van der Waals surface area (Å²) in [4.78, 5) is 0.139. The monoisotopic (exact) mass is 329 g/mol. The fourth-order valence-corrected chi connectivity index (χ4v) is 3.63. The molecule has 0 saturated carbocycles. The van der Waals surface area contributed by atoms with E-state index in [0.29, 0.717) is 17.0 Å². The lowest BCUT2D eigenvalue weighted by Gasteiger charge is -2.19. The highest BCUT2D eigenvalue weighted by Crippen LogP contribution is 2.32. The number of nitrogens with zero attached hydrogens (tertiary/aromatic N) is 3. The summed E-state index contributed by atoms with van der Waals surface area (Å²) in [6.07, 6.45) is 3.11. The van der Waals surface area contributed by atoms with E-state index in [-0.39, 0.29) is 9.92 Å². The zero-order chi connectivity index (χ0) is 15.8. The van der Waals surface area contributed by atoms with Gasteiger partial charge in [-0.2, -0.15) is 5.10 Å². The molecule has 0 fully saturated rings. The first-order valence-corrected chi connectivity index (χ1v) is 7.91. The molecule has 114 valence electrons. The van der Waals surface area contributed by atoms with E-state index in [9.17, 15) is 8.42 Å². The second-order valence-corrected chi connectivity index (χ2v) is 6.94. The summed E-state index contributed by atoms with van der Waals surface area (Å²) >= 11 is 6.04. The Balaban J connectivity index is 2.51. The first-order chi connectivity index (χ1) is 9.77. The molecule has 0 saturated heterocycles. The minimum Gasteiger partial charge on any atom is -0.495 e. The summed E-state index contributed by atoms with van der Waals surface area (Å²) in [5, 5.41) is 4.23. The number of methoxy groups -OCH3 is 1. The quantitative estimate of drug-likeness (QED) is 0.862. The molecule has 2 aromatic rings. The van der Waals surface area contributed by atoms with E-state index in [1.807, 2.05) is 0 Å². The van der Waals surface area contributed by atoms with Crippen LogP contribution in [-0.2, 0) is 17.1 Å². The number of anilines is 1. The SMILES string of the molecule is COc1cc(C)c(S(=O)(=O)N(C)c2cnn(C)c2)cc1Cl. The summed E-state index contributed by atoms with van der Waals surface area (Å²) in [6.45, 7) is 1.70. The van der Waals surface area contributed by atoms with Crippen LogP contribution in [0.4, 0.5) is 5.69 Å². The molecular weight excluding hydrogens is 314 g/mol. The molecule has 0 aliphatic carbocycles. The number of benzene rings is 1. The molecule has 0 unspecified atom stereocenters. The first kappa shape index (κ1) is 15.7. The van der Waals surface area contributed by atoms with Crippen molar-refractivity contribution in [3.63, 3.8) is 0 Å². The Morgan fingerprint density at radius 3 is 2.57 bits per heavy atom. The van der Waals surface area contributed by atoms with Crippen LogP contribution in [0.25, 0.3) is 0 Å². The van der Waals surface area contributed by atoms with Crippen molar-refractivity contribution in [1.82, 2.24) is 9.78 Å². The van der Waals surface area contributed by atoms with Gasteiger partial charge in [0.1, 0.15) is 5.75 Å². The fourth-order valence-electron chi connectivity index (χ4n) is 1.93. The summed E-state index contributed by atoms with van der Waals surface area (Å²) in [7, 11) is 0.964. The van der Waals surface area contributed by atoms with Crippen LogP contribution < -0.4 is 9.04 Å². The highest BCUT2D eigenvalue weighted by atomic mass is 35.5. The van der Waals surface area contributed by atoms with Crippen LogP contribution in [0.3, 0.4) is 0 Å². The Morgan fingerprint density at radius 2 is 2.05 bits per heavy atom. The van der Waals surface area contributed by atoms with Crippen molar-refractivity contribution in [3.05, 3.63) is 35.1 Å². The molecule has 1 aromatic carbocycles. The van der Waals surface area contributed by atoms with E-state index in [4.69, 9.17) is 16.3 Å². The largest absolute Gasteiger partial charge is 0.495 e. The van der Waals surface area contributed by atoms with Crippen LogP contribution in [0.2, 0.25) is 5.02 Å². The van der Waals surface area contributed by atoms with Crippen LogP contribution in [0.15, 0.2) is 29.4 Å². The third kappa shape index (κ3) is 2.84. The maximum atomic E-state index is 12.7. The Bertz CT molecular complexity index is 771. The van der Waals surface area contributed by atoms with Gasteiger partial charge in [-0.05, 0) is 24.6 Å². The minimum atomic E-state index is -3.72. The molecule has 0 N–H and O–H groups in total. The number of rotatable bonds is 4. The zero-order valence-corrected chi connectivity index (χ0v) is 13.7. The van der Waals surface area contributed by atoms with Gasteiger partial charge in [0.05, 0.1) is 28.9 Å². The van der Waals surface area contributed by atoms with Gasteiger partial charge in [-0.1, -0.05) is 11.6 Å². The lowest BCUT2D eigenvalue weighted by molar-refractivity contribution is 0.414. The lowest BCUT2D eigenvalue weighted by Crippen LogP contribution is -2.27. The second-order valence-electron chi connectivity index (χ2n) is 4.60. The number of aromatic nitrogens is 2. The summed E-state index contributed by atoms with van der Waals surface area (Å²) < 4.78 is 33.2. The van der Waals surface area contributed by atoms with Gasteiger partial charge in [0.15, 0.2) is 0 Å². The van der Waals surface area contributed by atoms with Crippen LogP contribution in [0, 0.1) is 6.92 Å². The van der Waals surface area contributed by atoms with Gasteiger partial charge in [-0.25, -0.2) is 8.42 Å². The molecule has 0 bridgehead atoms. The number of sulfonamides is 1. The number of hydrogen-bond acceptors (Lipinski definition) is 4. The predicted molar refractivity (Wildman–Crippen MR) is 81.5 cm³/mol. The van der Waals surface area contributed by atoms with Crippen molar-refractivity contribution in [1.29, 1.82) is 0 Å². The van der Waals surface area contributed by atoms with E-state index in [1.165, 1.54) is 35.4 Å². The lowest BCUT2D eigenvalue weighted by atomic mass is 10.2. The molecule has 0 atom stereocenters. The molecule has 0 amide bonds. The Hall–Kier alpha value is -1.73. The number of hydrogen-bond donors (Lipinski definition) is 0. The van der Waals surface area contributed by atoms with E-state index in [1.54, 1.807) is 26.2 Å². The molecule has 0 aliphatic heterocycles. The number of ether oxygens (including phenoxy) is 1. The molecule has 8 heteroatoms. The highest BCUT2D eigenvalue weighted by molar-refractivity contribution is 7.92. The summed E-state index contributed by atoms with van der Waals surface area (Å²) in [6, 6.07) is 3.00. The molecular formula is C13H16ClN3O3S. The molecule has 2 rings (SSSR count). The van der Waals surface area contributed by atoms with Gasteiger partial charge in [0, 0.05) is 20.3 Å². The van der Waals surface area contributed by atoms with Gasteiger partial charge in [0.25, 0.3) is 10.0 Å². The normalized spacial score (nSPS) is 11.5. The van der Waals surface area contributed by atoms with Gasteiger partial charge >= 0.3 is 0 Å². The van der Waals surface area contributed by atoms with Crippen molar-refractivity contribution in [2.75, 3.05) is 18.5 Å². The fraction of sp³-hybridized carbons (Fsp3) is 0.308. The third-order valence-corrected chi connectivity index (χ3v) is 5.37. The molecule has 21 heavy (non-hydrogen) atoms. The van der Waals surface area contributed by atoms with E-state index in [2.05, 4.69) is 5.10 Å². The van der Waals surface area contributed by atoms with Crippen molar-refractivity contribution in [2.45, 2.75) is 11.8 Å². The third-order valence-electron chi connectivity index (χ3n) is 3.14. The Kier molecular flexibility index (Phi) is 4.15. The molecule has 1 aromatic heterocycles. The van der Waals surface area contributed by atoms with Gasteiger partial charge in [-0.15, -0.1) is 0 Å². The van der Waals surface area contributed by atoms with E-state index in [0.717, 1.165) is 0 Å². The average Bonchev–Trinajstić information content (AvgIpc) is 2.86. The molecule has 1 heterocycles. The van der Waals surface area contributed by atoms with E-state index < -0.39 is 10.0 Å². The number of halogens is 1. The average molecular weight is 330 g/mol. The van der Waals surface area contributed by atoms with Crippen LogP contribution >= 0.6 is 11.6 Å². The smallest absolute Gasteiger partial charge is 0.264 e. The molecule has 0 spiro atoms. The first-order valence-electron chi connectivity index (χ1n) is 6.09. The van der Waals surface area contributed by atoms with Gasteiger partial charge < -0.3 is 4.74 Å². The maximum absolute atomic E-state index is 12.7. The number of aryl methyl sites for hydroxylation is 2. The van der Waals surface area contributed by atoms with Crippen molar-refractivity contribution in [3.8, 4) is 5.75 Å². The molecule has 6 nitrogen and oxygen atoms in total. The zero-order valence-electron chi connectivity index (χ0n) is 12.2. The van der Waals surface area contributed by atoms with Gasteiger partial charge in [0.2, 0.25) is 0 Å². The van der Waals surface area contributed by atoms with Crippen LogP contribution in [-0.4, -0.2) is 32.4 Å².